The molecule has 102 valence electrons. The average molecular weight is 270 g/mol. The van der Waals surface area contributed by atoms with Crippen LogP contribution in [0.25, 0.3) is 5.69 Å². The molecule has 0 atom stereocenters. The Morgan fingerprint density at radius 1 is 1.55 bits per heavy atom. The molecule has 0 aliphatic rings. The quantitative estimate of drug-likeness (QED) is 0.858. The van der Waals surface area contributed by atoms with Gasteiger partial charge in [0.15, 0.2) is 5.69 Å². The summed E-state index contributed by atoms with van der Waals surface area (Å²) in [6, 6.07) is 7.35. The van der Waals surface area contributed by atoms with Gasteiger partial charge in [0.2, 0.25) is 0 Å². The van der Waals surface area contributed by atoms with Gasteiger partial charge in [0.25, 0.3) is 0 Å². The lowest BCUT2D eigenvalue weighted by Crippen LogP contribution is -2.08. The van der Waals surface area contributed by atoms with E-state index in [0.717, 1.165) is 11.3 Å². The van der Waals surface area contributed by atoms with Crippen LogP contribution in [-0.4, -0.2) is 22.4 Å². The van der Waals surface area contributed by atoms with E-state index in [2.05, 4.69) is 11.2 Å². The van der Waals surface area contributed by atoms with Crippen LogP contribution in [0.5, 0.6) is 0 Å². The third-order valence-corrected chi connectivity index (χ3v) is 2.81. The van der Waals surface area contributed by atoms with Gasteiger partial charge >= 0.3 is 5.97 Å². The highest BCUT2D eigenvalue weighted by Crippen LogP contribution is 2.17. The van der Waals surface area contributed by atoms with E-state index in [1.807, 2.05) is 6.92 Å². The molecule has 6 heteroatoms. The van der Waals surface area contributed by atoms with Crippen LogP contribution in [-0.2, 0) is 4.74 Å². The number of anilines is 1. The van der Waals surface area contributed by atoms with E-state index in [4.69, 9.17) is 15.7 Å². The van der Waals surface area contributed by atoms with E-state index in [1.165, 1.54) is 4.68 Å². The van der Waals surface area contributed by atoms with E-state index >= 15 is 0 Å². The molecule has 0 bridgehead atoms. The molecule has 1 aromatic carbocycles. The molecule has 0 aliphatic heterocycles. The van der Waals surface area contributed by atoms with Gasteiger partial charge in [0, 0.05) is 0 Å². The number of carbonyl (C=O) groups excluding carboxylic acids is 1. The van der Waals surface area contributed by atoms with Gasteiger partial charge in [-0.2, -0.15) is 10.4 Å². The van der Waals surface area contributed by atoms with Gasteiger partial charge in [0.05, 0.1) is 35.8 Å². The molecule has 0 unspecified atom stereocenters. The van der Waals surface area contributed by atoms with E-state index in [0.29, 0.717) is 5.56 Å². The first-order valence-corrected chi connectivity index (χ1v) is 6.10. The summed E-state index contributed by atoms with van der Waals surface area (Å²) in [7, 11) is 0. The van der Waals surface area contributed by atoms with Crippen molar-refractivity contribution in [3.63, 3.8) is 0 Å². The summed E-state index contributed by atoms with van der Waals surface area (Å²) in [6.07, 6.45) is 1.55. The van der Waals surface area contributed by atoms with Crippen LogP contribution in [0, 0.1) is 18.3 Å². The zero-order valence-electron chi connectivity index (χ0n) is 11.3. The van der Waals surface area contributed by atoms with Crippen LogP contribution in [0.3, 0.4) is 0 Å². The molecule has 0 aliphatic carbocycles. The molecule has 0 saturated heterocycles. The normalized spacial score (nSPS) is 10.1. The Labute approximate surface area is 116 Å². The number of aryl methyl sites for hydroxylation is 1. The van der Waals surface area contributed by atoms with Crippen molar-refractivity contribution < 1.29 is 9.53 Å². The Kier molecular flexibility index (Phi) is 3.71. The molecular weight excluding hydrogens is 256 g/mol. The summed E-state index contributed by atoms with van der Waals surface area (Å²) in [5.74, 6) is -0.547. The van der Waals surface area contributed by atoms with Gasteiger partial charge < -0.3 is 10.5 Å². The molecule has 0 fully saturated rings. The Morgan fingerprint density at radius 3 is 2.90 bits per heavy atom. The van der Waals surface area contributed by atoms with E-state index < -0.39 is 5.97 Å². The molecule has 0 amide bonds. The number of aromatic nitrogens is 2. The predicted molar refractivity (Wildman–Crippen MR) is 73.4 cm³/mol. The van der Waals surface area contributed by atoms with Gasteiger partial charge in [-0.05, 0) is 37.6 Å². The van der Waals surface area contributed by atoms with Gasteiger partial charge in [-0.15, -0.1) is 0 Å². The zero-order valence-corrected chi connectivity index (χ0v) is 11.3. The number of esters is 1. The van der Waals surface area contributed by atoms with Crippen LogP contribution in [0.15, 0.2) is 24.4 Å². The van der Waals surface area contributed by atoms with Gasteiger partial charge in [-0.3, -0.25) is 0 Å². The fourth-order valence-corrected chi connectivity index (χ4v) is 1.79. The molecule has 0 saturated carbocycles. The third-order valence-electron chi connectivity index (χ3n) is 2.81. The fraction of sp³-hybridized carbons (Fsp3) is 0.214. The lowest BCUT2D eigenvalue weighted by Gasteiger charge is -2.03. The number of carbonyl (C=O) groups is 1. The highest BCUT2D eigenvalue weighted by Gasteiger charge is 2.16. The van der Waals surface area contributed by atoms with Crippen molar-refractivity contribution in [3.8, 4) is 11.8 Å². The molecule has 2 rings (SSSR count). The number of nitrogen functional groups attached to an aromatic ring is 1. The molecule has 1 aromatic heterocycles. The Bertz CT molecular complexity index is 698. The minimum Gasteiger partial charge on any atom is -0.461 e. The first-order chi connectivity index (χ1) is 9.56. The summed E-state index contributed by atoms with van der Waals surface area (Å²) in [6.45, 7) is 3.82. The van der Waals surface area contributed by atoms with Crippen LogP contribution in [0.4, 0.5) is 5.69 Å². The average Bonchev–Trinajstić information content (AvgIpc) is 2.81. The number of benzene rings is 1. The minimum atomic E-state index is -0.547. The van der Waals surface area contributed by atoms with E-state index in [1.54, 1.807) is 31.3 Å². The predicted octanol–water partition coefficient (Wildman–Crippen LogP) is 1.81. The number of hydrogen-bond donors (Lipinski definition) is 1. The van der Waals surface area contributed by atoms with Crippen molar-refractivity contribution in [2.24, 2.45) is 0 Å². The van der Waals surface area contributed by atoms with Crippen molar-refractivity contribution in [3.05, 3.63) is 41.2 Å². The molecule has 2 aromatic rings. The van der Waals surface area contributed by atoms with E-state index in [9.17, 15) is 4.79 Å². The SMILES string of the molecule is CCOC(=O)c1nn(-c2ccc(C#N)c(C)c2)cc1N. The van der Waals surface area contributed by atoms with E-state index in [-0.39, 0.29) is 18.0 Å². The Morgan fingerprint density at radius 2 is 2.30 bits per heavy atom. The topological polar surface area (TPSA) is 93.9 Å². The molecule has 0 spiro atoms. The second-order valence-electron chi connectivity index (χ2n) is 4.21. The monoisotopic (exact) mass is 270 g/mol. The smallest absolute Gasteiger partial charge is 0.361 e. The summed E-state index contributed by atoms with van der Waals surface area (Å²) >= 11 is 0. The lowest BCUT2D eigenvalue weighted by atomic mass is 10.1. The van der Waals surface area contributed by atoms with Crippen LogP contribution in [0.1, 0.15) is 28.5 Å². The third kappa shape index (κ3) is 2.47. The number of nitriles is 1. The standard InChI is InChI=1S/C14H14N4O2/c1-3-20-14(19)13-12(16)8-18(17-13)11-5-4-10(7-15)9(2)6-11/h4-6,8H,3,16H2,1-2H3. The zero-order chi connectivity index (χ0) is 14.7. The second kappa shape index (κ2) is 5.45. The van der Waals surface area contributed by atoms with Crippen LogP contribution >= 0.6 is 0 Å². The number of ether oxygens (including phenoxy) is 1. The van der Waals surface area contributed by atoms with Crippen molar-refractivity contribution in [1.82, 2.24) is 9.78 Å². The summed E-state index contributed by atoms with van der Waals surface area (Å²) < 4.78 is 6.38. The lowest BCUT2D eigenvalue weighted by molar-refractivity contribution is 0.0520. The van der Waals surface area contributed by atoms with Crippen molar-refractivity contribution >= 4 is 11.7 Å². The largest absolute Gasteiger partial charge is 0.461 e. The number of hydrogen-bond acceptors (Lipinski definition) is 5. The highest BCUT2D eigenvalue weighted by atomic mass is 16.5. The van der Waals surface area contributed by atoms with Crippen LogP contribution < -0.4 is 5.73 Å². The number of nitrogens with zero attached hydrogens (tertiary/aromatic N) is 3. The number of nitrogens with two attached hydrogens (primary N) is 1. The first-order valence-electron chi connectivity index (χ1n) is 6.10. The molecule has 20 heavy (non-hydrogen) atoms. The van der Waals surface area contributed by atoms with Gasteiger partial charge in [0.1, 0.15) is 0 Å². The second-order valence-corrected chi connectivity index (χ2v) is 4.21. The summed E-state index contributed by atoms with van der Waals surface area (Å²) in [4.78, 5) is 11.7. The first kappa shape index (κ1) is 13.6. The maximum atomic E-state index is 11.7. The Balaban J connectivity index is 2.40. The molecule has 1 heterocycles. The van der Waals surface area contributed by atoms with Crippen molar-refractivity contribution in [2.75, 3.05) is 12.3 Å². The fourth-order valence-electron chi connectivity index (χ4n) is 1.79. The molecular formula is C14H14N4O2. The number of rotatable bonds is 3. The molecule has 0 radical (unpaired) electrons. The van der Waals surface area contributed by atoms with Crippen LogP contribution in [0.2, 0.25) is 0 Å². The summed E-state index contributed by atoms with van der Waals surface area (Å²) in [5, 5.41) is 13.0. The Hall–Kier alpha value is -2.81. The minimum absolute atomic E-state index is 0.0915. The van der Waals surface area contributed by atoms with Gasteiger partial charge in [-0.25, -0.2) is 9.48 Å². The maximum absolute atomic E-state index is 11.7. The maximum Gasteiger partial charge on any atom is 0.361 e. The van der Waals surface area contributed by atoms with Gasteiger partial charge in [-0.1, -0.05) is 0 Å². The molecule has 6 nitrogen and oxygen atoms in total. The highest BCUT2D eigenvalue weighted by molar-refractivity contribution is 5.92. The van der Waals surface area contributed by atoms with Crippen molar-refractivity contribution in [1.29, 1.82) is 5.26 Å². The molecule has 2 N–H and O–H groups in total. The van der Waals surface area contributed by atoms with Crippen molar-refractivity contribution in [2.45, 2.75) is 13.8 Å². The summed E-state index contributed by atoms with van der Waals surface area (Å²) in [5.41, 5.74) is 8.27.